The Bertz CT molecular complexity index is 1490. The number of hydrogen-bond donors (Lipinski definition) is 2. The van der Waals surface area contributed by atoms with Crippen molar-refractivity contribution in [2.24, 2.45) is 0 Å². The second-order valence-corrected chi connectivity index (χ2v) is 11.4. The number of hydrogen-bond acceptors (Lipinski definition) is 6. The maximum Gasteiger partial charge on any atom is 0.275 e. The number of benzene rings is 2. The van der Waals surface area contributed by atoms with E-state index in [4.69, 9.17) is 9.72 Å². The molecule has 0 unspecified atom stereocenters. The Kier molecular flexibility index (Phi) is 8.46. The van der Waals surface area contributed by atoms with Crippen LogP contribution in [0.4, 0.5) is 0 Å². The SMILES string of the molecule is COC[C@]1(O)CCCC[C@H]1n1cnc(C(=O)N2CCNC[C@H]2Cc2ccccc2-c2ccccn2)c1-c1ccccc1. The van der Waals surface area contributed by atoms with Crippen LogP contribution in [0.15, 0.2) is 85.3 Å². The van der Waals surface area contributed by atoms with Gasteiger partial charge in [-0.05, 0) is 37.0 Å². The molecule has 1 aliphatic heterocycles. The Labute approximate surface area is 247 Å². The number of pyridine rings is 1. The van der Waals surface area contributed by atoms with Crippen molar-refractivity contribution in [3.05, 3.63) is 96.6 Å². The zero-order chi connectivity index (χ0) is 28.9. The standard InChI is InChI=1S/C34H39N5O3/c1-42-23-34(41)17-9-7-16-30(34)39-24-37-31(32(39)25-11-3-2-4-12-25)33(40)38-20-19-35-22-27(38)21-26-13-5-6-14-28(26)29-15-8-10-18-36-29/h2-6,8,10-15,18,24,27,30,35,41H,7,9,16-17,19-23H2,1H3/t27-,30-,34-/m1/s1. The predicted octanol–water partition coefficient (Wildman–Crippen LogP) is 4.76. The summed E-state index contributed by atoms with van der Waals surface area (Å²) in [5.41, 5.74) is 4.24. The Balaban J connectivity index is 1.36. The van der Waals surface area contributed by atoms with E-state index < -0.39 is 5.60 Å². The maximum atomic E-state index is 14.5. The van der Waals surface area contributed by atoms with Gasteiger partial charge in [0.05, 0.1) is 30.4 Å². The van der Waals surface area contributed by atoms with Gasteiger partial charge in [0.1, 0.15) is 5.60 Å². The van der Waals surface area contributed by atoms with Crippen molar-refractivity contribution in [1.29, 1.82) is 0 Å². The summed E-state index contributed by atoms with van der Waals surface area (Å²) in [5, 5.41) is 15.2. The molecule has 2 fully saturated rings. The molecule has 2 aliphatic rings. The topological polar surface area (TPSA) is 92.5 Å². The minimum Gasteiger partial charge on any atom is -0.385 e. The van der Waals surface area contributed by atoms with Gasteiger partial charge in [0.15, 0.2) is 5.69 Å². The van der Waals surface area contributed by atoms with Crippen LogP contribution in [0.5, 0.6) is 0 Å². The minimum absolute atomic E-state index is 0.0509. The Morgan fingerprint density at radius 3 is 2.67 bits per heavy atom. The maximum absolute atomic E-state index is 14.5. The van der Waals surface area contributed by atoms with Crippen molar-refractivity contribution < 1.29 is 14.6 Å². The number of piperazine rings is 1. The quantitative estimate of drug-likeness (QED) is 0.320. The van der Waals surface area contributed by atoms with Gasteiger partial charge in [0.25, 0.3) is 5.91 Å². The monoisotopic (exact) mass is 565 g/mol. The molecule has 2 aromatic heterocycles. The number of rotatable bonds is 8. The molecule has 8 heteroatoms. The van der Waals surface area contributed by atoms with Crippen LogP contribution < -0.4 is 5.32 Å². The number of aromatic nitrogens is 3. The Hall–Kier alpha value is -3.85. The smallest absolute Gasteiger partial charge is 0.275 e. The summed E-state index contributed by atoms with van der Waals surface area (Å²) in [6.45, 7) is 2.25. The van der Waals surface area contributed by atoms with Crippen molar-refractivity contribution >= 4 is 5.91 Å². The fraction of sp³-hybridized carbons (Fsp3) is 0.382. The molecule has 3 atom stereocenters. The fourth-order valence-electron chi connectivity index (χ4n) is 6.73. The molecule has 8 nitrogen and oxygen atoms in total. The third-order valence-corrected chi connectivity index (χ3v) is 8.76. The highest BCUT2D eigenvalue weighted by Crippen LogP contribution is 2.41. The summed E-state index contributed by atoms with van der Waals surface area (Å²) in [4.78, 5) is 25.8. The predicted molar refractivity (Wildman–Crippen MR) is 163 cm³/mol. The summed E-state index contributed by atoms with van der Waals surface area (Å²) in [5.74, 6) is -0.0829. The zero-order valence-electron chi connectivity index (χ0n) is 24.2. The van der Waals surface area contributed by atoms with Crippen LogP contribution in [0.1, 0.15) is 47.8 Å². The van der Waals surface area contributed by atoms with Crippen LogP contribution in [-0.2, 0) is 11.2 Å². The number of carbonyl (C=O) groups excluding carboxylic acids is 1. The second-order valence-electron chi connectivity index (χ2n) is 11.4. The fourth-order valence-corrected chi connectivity index (χ4v) is 6.73. The lowest BCUT2D eigenvalue weighted by atomic mass is 9.80. The number of nitrogens with zero attached hydrogens (tertiary/aromatic N) is 4. The number of methoxy groups -OCH3 is 1. The van der Waals surface area contributed by atoms with Crippen LogP contribution in [0, 0.1) is 0 Å². The molecule has 1 amide bonds. The van der Waals surface area contributed by atoms with Gasteiger partial charge in [-0.3, -0.25) is 9.78 Å². The lowest BCUT2D eigenvalue weighted by molar-refractivity contribution is -0.0893. The van der Waals surface area contributed by atoms with Gasteiger partial charge >= 0.3 is 0 Å². The molecule has 6 rings (SSSR count). The van der Waals surface area contributed by atoms with Gasteiger partial charge in [0.2, 0.25) is 0 Å². The van der Waals surface area contributed by atoms with E-state index in [1.165, 1.54) is 0 Å². The summed E-state index contributed by atoms with van der Waals surface area (Å²) in [6, 6.07) is 23.9. The van der Waals surface area contributed by atoms with Gasteiger partial charge in [0, 0.05) is 50.1 Å². The number of ether oxygens (including phenoxy) is 1. The van der Waals surface area contributed by atoms with E-state index >= 15 is 0 Å². The summed E-state index contributed by atoms with van der Waals surface area (Å²) < 4.78 is 7.51. The van der Waals surface area contributed by atoms with Gasteiger partial charge in [-0.25, -0.2) is 4.98 Å². The average molecular weight is 566 g/mol. The Morgan fingerprint density at radius 1 is 1.05 bits per heavy atom. The highest BCUT2D eigenvalue weighted by molar-refractivity contribution is 5.98. The van der Waals surface area contributed by atoms with E-state index in [2.05, 4.69) is 22.4 Å². The third kappa shape index (κ3) is 5.62. The van der Waals surface area contributed by atoms with Gasteiger partial charge < -0.3 is 24.6 Å². The molecule has 1 aliphatic carbocycles. The molecule has 3 heterocycles. The molecule has 0 bridgehead atoms. The minimum atomic E-state index is -1.02. The molecule has 1 saturated heterocycles. The number of nitrogens with one attached hydrogen (secondary N) is 1. The van der Waals surface area contributed by atoms with E-state index in [0.29, 0.717) is 31.6 Å². The van der Waals surface area contributed by atoms with Crippen molar-refractivity contribution in [3.63, 3.8) is 0 Å². The molecule has 2 aromatic carbocycles. The highest BCUT2D eigenvalue weighted by atomic mass is 16.5. The first-order valence-corrected chi connectivity index (χ1v) is 14.9. The summed E-state index contributed by atoms with van der Waals surface area (Å²) >= 11 is 0. The molecule has 42 heavy (non-hydrogen) atoms. The highest BCUT2D eigenvalue weighted by Gasteiger charge is 2.42. The average Bonchev–Trinajstić information content (AvgIpc) is 3.47. The summed E-state index contributed by atoms with van der Waals surface area (Å²) in [6.07, 6.45) is 7.65. The second kappa shape index (κ2) is 12.6. The first kappa shape index (κ1) is 28.3. The van der Waals surface area contributed by atoms with Crippen molar-refractivity contribution in [3.8, 4) is 22.5 Å². The van der Waals surface area contributed by atoms with Crippen LogP contribution in [0.25, 0.3) is 22.5 Å². The van der Waals surface area contributed by atoms with Gasteiger partial charge in [-0.15, -0.1) is 0 Å². The first-order chi connectivity index (χ1) is 20.6. The van der Waals surface area contributed by atoms with Crippen molar-refractivity contribution in [1.82, 2.24) is 24.8 Å². The van der Waals surface area contributed by atoms with Crippen molar-refractivity contribution in [2.75, 3.05) is 33.4 Å². The largest absolute Gasteiger partial charge is 0.385 e. The molecule has 1 saturated carbocycles. The molecule has 4 aromatic rings. The number of amides is 1. The number of carbonyl (C=O) groups is 1. The van der Waals surface area contributed by atoms with E-state index in [1.54, 1.807) is 13.4 Å². The van der Waals surface area contributed by atoms with Gasteiger partial charge in [-0.2, -0.15) is 0 Å². The lowest BCUT2D eigenvalue weighted by Gasteiger charge is -2.41. The molecular weight excluding hydrogens is 526 g/mol. The van der Waals surface area contributed by atoms with Gasteiger partial charge in [-0.1, -0.05) is 73.5 Å². The first-order valence-electron chi connectivity index (χ1n) is 14.9. The van der Waals surface area contributed by atoms with Crippen LogP contribution in [-0.4, -0.2) is 75.4 Å². The van der Waals surface area contributed by atoms with E-state index in [1.807, 2.05) is 76.3 Å². The molecule has 218 valence electrons. The molecular formula is C34H39N5O3. The van der Waals surface area contributed by atoms with Crippen LogP contribution in [0.2, 0.25) is 0 Å². The van der Waals surface area contributed by atoms with Crippen molar-refractivity contribution in [2.45, 2.75) is 49.8 Å². The lowest BCUT2D eigenvalue weighted by Crippen LogP contribution is -2.54. The normalized spacial score (nSPS) is 22.7. The Morgan fingerprint density at radius 2 is 1.86 bits per heavy atom. The summed E-state index contributed by atoms with van der Waals surface area (Å²) in [7, 11) is 1.63. The van der Waals surface area contributed by atoms with Crippen LogP contribution >= 0.6 is 0 Å². The van der Waals surface area contributed by atoms with E-state index in [0.717, 1.165) is 53.9 Å². The number of aliphatic hydroxyl groups is 1. The van der Waals surface area contributed by atoms with E-state index in [-0.39, 0.29) is 24.6 Å². The molecule has 0 radical (unpaired) electrons. The van der Waals surface area contributed by atoms with Crippen LogP contribution in [0.3, 0.4) is 0 Å². The number of imidazole rings is 1. The zero-order valence-corrected chi connectivity index (χ0v) is 24.2. The third-order valence-electron chi connectivity index (χ3n) is 8.76. The van der Waals surface area contributed by atoms with E-state index in [9.17, 15) is 9.90 Å². The molecule has 0 spiro atoms. The molecule has 2 N–H and O–H groups in total.